The van der Waals surface area contributed by atoms with Crippen molar-refractivity contribution < 1.29 is 14.5 Å². The Hall–Kier alpha value is -3.88. The highest BCUT2D eigenvalue weighted by molar-refractivity contribution is 5.89. The summed E-state index contributed by atoms with van der Waals surface area (Å²) in [6.07, 6.45) is 3.44. The van der Waals surface area contributed by atoms with E-state index >= 15 is 0 Å². The van der Waals surface area contributed by atoms with E-state index in [-0.39, 0.29) is 5.69 Å². The summed E-state index contributed by atoms with van der Waals surface area (Å²) in [6, 6.07) is 12.0. The van der Waals surface area contributed by atoms with Crippen molar-refractivity contribution in [3.05, 3.63) is 82.4 Å². The molecule has 9 nitrogen and oxygen atoms in total. The lowest BCUT2D eigenvalue weighted by Gasteiger charge is -2.20. The van der Waals surface area contributed by atoms with E-state index in [0.29, 0.717) is 17.3 Å². The molecular formula is C19H19N5O4. The van der Waals surface area contributed by atoms with Gasteiger partial charge in [0.25, 0.3) is 5.69 Å². The minimum absolute atomic E-state index is 0.0479. The molecule has 0 spiro atoms. The SMILES string of the molecule is COc1cccc(C(NC(=O)Nc2ccc([N+](=O)[O-])cc2)c2nccn2C)c1. The van der Waals surface area contributed by atoms with Crippen LogP contribution in [0.1, 0.15) is 17.4 Å². The van der Waals surface area contributed by atoms with E-state index in [1.807, 2.05) is 35.9 Å². The zero-order valence-corrected chi connectivity index (χ0v) is 15.3. The van der Waals surface area contributed by atoms with E-state index in [4.69, 9.17) is 4.74 Å². The van der Waals surface area contributed by atoms with Crippen molar-refractivity contribution in [2.75, 3.05) is 12.4 Å². The molecule has 0 fully saturated rings. The zero-order valence-electron chi connectivity index (χ0n) is 15.3. The number of urea groups is 1. The molecule has 3 rings (SSSR count). The first-order chi connectivity index (χ1) is 13.5. The van der Waals surface area contributed by atoms with Crippen molar-refractivity contribution in [2.45, 2.75) is 6.04 Å². The van der Waals surface area contributed by atoms with Gasteiger partial charge in [0.2, 0.25) is 0 Å². The fourth-order valence-electron chi connectivity index (χ4n) is 2.74. The number of non-ortho nitro benzene ring substituents is 1. The smallest absolute Gasteiger partial charge is 0.320 e. The van der Waals surface area contributed by atoms with Crippen LogP contribution < -0.4 is 15.4 Å². The number of nitro groups is 1. The van der Waals surface area contributed by atoms with Crippen LogP contribution >= 0.6 is 0 Å². The number of carbonyl (C=O) groups is 1. The summed E-state index contributed by atoms with van der Waals surface area (Å²) in [7, 11) is 3.41. The van der Waals surface area contributed by atoms with Gasteiger partial charge in [0.15, 0.2) is 0 Å². The van der Waals surface area contributed by atoms with E-state index < -0.39 is 17.0 Å². The van der Waals surface area contributed by atoms with Crippen molar-refractivity contribution >= 4 is 17.4 Å². The molecule has 0 saturated carbocycles. The molecule has 3 aromatic rings. The standard InChI is InChI=1S/C19H19N5O4/c1-23-11-10-20-18(23)17(13-4-3-5-16(12-13)28-2)22-19(25)21-14-6-8-15(9-7-14)24(26)27/h3-12,17H,1-2H3,(H2,21,22,25). The van der Waals surface area contributed by atoms with Gasteiger partial charge in [-0.05, 0) is 29.8 Å². The minimum Gasteiger partial charge on any atom is -0.497 e. The molecule has 2 N–H and O–H groups in total. The second-order valence-electron chi connectivity index (χ2n) is 6.01. The van der Waals surface area contributed by atoms with Crippen LogP contribution in [0.5, 0.6) is 5.75 Å². The Morgan fingerprint density at radius 1 is 1.25 bits per heavy atom. The zero-order chi connectivity index (χ0) is 20.1. The molecule has 144 valence electrons. The molecule has 1 aromatic heterocycles. The Labute approximate surface area is 161 Å². The van der Waals surface area contributed by atoms with Crippen LogP contribution in [0, 0.1) is 10.1 Å². The van der Waals surface area contributed by atoms with Gasteiger partial charge >= 0.3 is 6.03 Å². The number of carbonyl (C=O) groups excluding carboxylic acids is 1. The van der Waals surface area contributed by atoms with Crippen LogP contribution in [0.15, 0.2) is 60.9 Å². The first kappa shape index (κ1) is 18.9. The minimum atomic E-state index is -0.520. The van der Waals surface area contributed by atoms with Gasteiger partial charge in [-0.15, -0.1) is 0 Å². The Morgan fingerprint density at radius 2 is 2.00 bits per heavy atom. The number of rotatable bonds is 6. The molecule has 1 unspecified atom stereocenters. The third-order valence-electron chi connectivity index (χ3n) is 4.16. The number of nitrogens with zero attached hydrogens (tertiary/aromatic N) is 3. The molecule has 2 amide bonds. The number of aromatic nitrogens is 2. The second kappa shape index (κ2) is 8.21. The summed E-state index contributed by atoms with van der Waals surface area (Å²) in [5.74, 6) is 1.31. The summed E-state index contributed by atoms with van der Waals surface area (Å²) >= 11 is 0. The molecule has 0 aliphatic heterocycles. The fourth-order valence-corrected chi connectivity index (χ4v) is 2.74. The lowest BCUT2D eigenvalue weighted by atomic mass is 10.1. The number of benzene rings is 2. The molecule has 1 heterocycles. The van der Waals surface area contributed by atoms with Crippen LogP contribution in [-0.2, 0) is 7.05 Å². The summed E-state index contributed by atoms with van der Waals surface area (Å²) in [5.41, 5.74) is 1.19. The maximum atomic E-state index is 12.6. The van der Waals surface area contributed by atoms with Gasteiger partial charge in [0, 0.05) is 37.3 Å². The molecule has 2 aromatic carbocycles. The van der Waals surface area contributed by atoms with Gasteiger partial charge in [0.05, 0.1) is 12.0 Å². The van der Waals surface area contributed by atoms with Gasteiger partial charge in [-0.1, -0.05) is 12.1 Å². The fraction of sp³-hybridized carbons (Fsp3) is 0.158. The molecule has 9 heteroatoms. The van der Waals surface area contributed by atoms with Crippen LogP contribution in [0.25, 0.3) is 0 Å². The van der Waals surface area contributed by atoms with Gasteiger partial charge in [-0.3, -0.25) is 10.1 Å². The van der Waals surface area contributed by atoms with Crippen LogP contribution in [0.3, 0.4) is 0 Å². The average molecular weight is 381 g/mol. The molecule has 0 bridgehead atoms. The summed E-state index contributed by atoms with van der Waals surface area (Å²) in [5, 5.41) is 16.3. The number of amides is 2. The summed E-state index contributed by atoms with van der Waals surface area (Å²) < 4.78 is 7.09. The number of hydrogen-bond donors (Lipinski definition) is 2. The maximum Gasteiger partial charge on any atom is 0.320 e. The molecular weight excluding hydrogens is 362 g/mol. The molecule has 0 saturated heterocycles. The van der Waals surface area contributed by atoms with E-state index in [1.54, 1.807) is 19.5 Å². The van der Waals surface area contributed by atoms with Crippen LogP contribution in [-0.4, -0.2) is 27.6 Å². The van der Waals surface area contributed by atoms with Gasteiger partial charge in [-0.2, -0.15) is 0 Å². The van der Waals surface area contributed by atoms with Crippen molar-refractivity contribution in [1.29, 1.82) is 0 Å². The van der Waals surface area contributed by atoms with E-state index in [9.17, 15) is 14.9 Å². The van der Waals surface area contributed by atoms with Crippen molar-refractivity contribution in [3.63, 3.8) is 0 Å². The summed E-state index contributed by atoms with van der Waals surface area (Å²) in [4.78, 5) is 27.1. The third kappa shape index (κ3) is 4.26. The van der Waals surface area contributed by atoms with Crippen molar-refractivity contribution in [3.8, 4) is 5.75 Å². The average Bonchev–Trinajstić information content (AvgIpc) is 3.12. The van der Waals surface area contributed by atoms with Crippen LogP contribution in [0.4, 0.5) is 16.2 Å². The van der Waals surface area contributed by atoms with E-state index in [1.165, 1.54) is 24.3 Å². The monoisotopic (exact) mass is 381 g/mol. The lowest BCUT2D eigenvalue weighted by Crippen LogP contribution is -2.34. The summed E-state index contributed by atoms with van der Waals surface area (Å²) in [6.45, 7) is 0. The number of ether oxygens (including phenoxy) is 1. The Kier molecular flexibility index (Phi) is 5.54. The number of aryl methyl sites for hydroxylation is 1. The Balaban J connectivity index is 1.82. The highest BCUT2D eigenvalue weighted by Crippen LogP contribution is 2.24. The molecule has 1 atom stereocenters. The van der Waals surface area contributed by atoms with Gasteiger partial charge in [-0.25, -0.2) is 9.78 Å². The van der Waals surface area contributed by atoms with Gasteiger partial charge in [0.1, 0.15) is 17.6 Å². The number of methoxy groups -OCH3 is 1. The Bertz CT molecular complexity index is 984. The normalized spacial score (nSPS) is 11.5. The Morgan fingerprint density at radius 3 is 2.61 bits per heavy atom. The predicted molar refractivity (Wildman–Crippen MR) is 103 cm³/mol. The number of imidazole rings is 1. The van der Waals surface area contributed by atoms with Gasteiger partial charge < -0.3 is 19.9 Å². The quantitative estimate of drug-likeness (QED) is 0.503. The number of nitro benzene ring substituents is 1. The third-order valence-corrected chi connectivity index (χ3v) is 4.16. The molecule has 0 aliphatic rings. The molecule has 0 aliphatic carbocycles. The van der Waals surface area contributed by atoms with Crippen LogP contribution in [0.2, 0.25) is 0 Å². The first-order valence-corrected chi connectivity index (χ1v) is 8.41. The number of nitrogens with one attached hydrogen (secondary N) is 2. The highest BCUT2D eigenvalue weighted by Gasteiger charge is 2.21. The number of anilines is 1. The number of hydrogen-bond acceptors (Lipinski definition) is 5. The lowest BCUT2D eigenvalue weighted by molar-refractivity contribution is -0.384. The molecule has 0 radical (unpaired) electrons. The largest absolute Gasteiger partial charge is 0.497 e. The van der Waals surface area contributed by atoms with Crippen molar-refractivity contribution in [2.24, 2.45) is 7.05 Å². The first-order valence-electron chi connectivity index (χ1n) is 8.41. The predicted octanol–water partition coefficient (Wildman–Crippen LogP) is 3.25. The van der Waals surface area contributed by atoms with E-state index in [2.05, 4.69) is 15.6 Å². The van der Waals surface area contributed by atoms with E-state index in [0.717, 1.165) is 5.56 Å². The van der Waals surface area contributed by atoms with Crippen molar-refractivity contribution in [1.82, 2.24) is 14.9 Å². The second-order valence-corrected chi connectivity index (χ2v) is 6.01. The maximum absolute atomic E-state index is 12.6. The highest BCUT2D eigenvalue weighted by atomic mass is 16.6. The topological polar surface area (TPSA) is 111 Å². The molecule has 28 heavy (non-hydrogen) atoms.